The smallest absolute Gasteiger partial charge is 0.0807 e. The van der Waals surface area contributed by atoms with Crippen LogP contribution >= 0.6 is 11.5 Å². The van der Waals surface area contributed by atoms with Crippen LogP contribution in [0.2, 0.25) is 0 Å². The van der Waals surface area contributed by atoms with Gasteiger partial charge < -0.3 is 5.73 Å². The fourth-order valence-corrected chi connectivity index (χ4v) is 2.92. The standard InChI is InChI=1S/C12H19N3S/c1-2-6-10-12(16-15-14-10)11(13)9-7-4-3-5-8-9/h7,11H,2-6,8,13H2,1H3. The van der Waals surface area contributed by atoms with E-state index >= 15 is 0 Å². The third kappa shape index (κ3) is 2.50. The first kappa shape index (κ1) is 11.7. The lowest BCUT2D eigenvalue weighted by molar-refractivity contribution is 0.648. The lowest BCUT2D eigenvalue weighted by Crippen LogP contribution is -2.15. The van der Waals surface area contributed by atoms with Gasteiger partial charge in [0.05, 0.1) is 16.6 Å². The largest absolute Gasteiger partial charge is 0.320 e. The number of hydrogen-bond acceptors (Lipinski definition) is 4. The molecule has 0 aliphatic heterocycles. The third-order valence-electron chi connectivity index (χ3n) is 3.08. The summed E-state index contributed by atoms with van der Waals surface area (Å²) < 4.78 is 4.04. The van der Waals surface area contributed by atoms with Gasteiger partial charge in [0.1, 0.15) is 0 Å². The van der Waals surface area contributed by atoms with E-state index in [4.69, 9.17) is 5.73 Å². The van der Waals surface area contributed by atoms with E-state index in [1.54, 1.807) is 0 Å². The topological polar surface area (TPSA) is 51.8 Å². The number of nitrogens with two attached hydrogens (primary N) is 1. The maximum absolute atomic E-state index is 6.31. The van der Waals surface area contributed by atoms with Crippen molar-refractivity contribution in [1.29, 1.82) is 0 Å². The van der Waals surface area contributed by atoms with Gasteiger partial charge in [-0.15, -0.1) is 5.10 Å². The Morgan fingerprint density at radius 1 is 1.50 bits per heavy atom. The summed E-state index contributed by atoms with van der Waals surface area (Å²) in [7, 11) is 0. The van der Waals surface area contributed by atoms with Crippen molar-refractivity contribution >= 4 is 11.5 Å². The third-order valence-corrected chi connectivity index (χ3v) is 3.93. The van der Waals surface area contributed by atoms with Gasteiger partial charge in [-0.3, -0.25) is 0 Å². The van der Waals surface area contributed by atoms with Crippen molar-refractivity contribution in [2.75, 3.05) is 0 Å². The molecule has 1 aliphatic rings. The van der Waals surface area contributed by atoms with E-state index < -0.39 is 0 Å². The predicted octanol–water partition coefficient (Wildman–Crippen LogP) is 2.99. The summed E-state index contributed by atoms with van der Waals surface area (Å²) in [5.74, 6) is 0. The van der Waals surface area contributed by atoms with Crippen LogP contribution in [0.4, 0.5) is 0 Å². The molecule has 1 aromatic rings. The molecule has 0 saturated carbocycles. The molecule has 0 aromatic carbocycles. The van der Waals surface area contributed by atoms with Gasteiger partial charge in [0.15, 0.2) is 0 Å². The van der Waals surface area contributed by atoms with Crippen LogP contribution in [-0.2, 0) is 6.42 Å². The van der Waals surface area contributed by atoms with Gasteiger partial charge >= 0.3 is 0 Å². The second kappa shape index (κ2) is 5.55. The molecule has 2 N–H and O–H groups in total. The highest BCUT2D eigenvalue weighted by Crippen LogP contribution is 2.31. The Bertz CT molecular complexity index is 370. The van der Waals surface area contributed by atoms with Crippen molar-refractivity contribution in [2.45, 2.75) is 51.5 Å². The van der Waals surface area contributed by atoms with Gasteiger partial charge in [-0.2, -0.15) is 0 Å². The first-order valence-corrected chi connectivity index (χ1v) is 6.86. The van der Waals surface area contributed by atoms with Crippen molar-refractivity contribution in [3.05, 3.63) is 22.2 Å². The molecule has 1 aromatic heterocycles. The van der Waals surface area contributed by atoms with E-state index in [0.717, 1.165) is 25.0 Å². The zero-order chi connectivity index (χ0) is 11.4. The Morgan fingerprint density at radius 2 is 2.38 bits per heavy atom. The van der Waals surface area contributed by atoms with Crippen LogP contribution in [0, 0.1) is 0 Å². The predicted molar refractivity (Wildman–Crippen MR) is 67.4 cm³/mol. The highest BCUT2D eigenvalue weighted by molar-refractivity contribution is 7.05. The van der Waals surface area contributed by atoms with Gasteiger partial charge in [0.25, 0.3) is 0 Å². The minimum absolute atomic E-state index is 0.0434. The molecule has 3 nitrogen and oxygen atoms in total. The molecule has 1 aliphatic carbocycles. The summed E-state index contributed by atoms with van der Waals surface area (Å²) in [4.78, 5) is 1.18. The quantitative estimate of drug-likeness (QED) is 0.819. The number of aryl methyl sites for hydroxylation is 1. The Labute approximate surface area is 101 Å². The number of rotatable bonds is 4. The molecule has 0 radical (unpaired) electrons. The van der Waals surface area contributed by atoms with Crippen LogP contribution in [0.5, 0.6) is 0 Å². The summed E-state index contributed by atoms with van der Waals surface area (Å²) in [5.41, 5.74) is 8.79. The molecule has 2 rings (SSSR count). The van der Waals surface area contributed by atoms with E-state index in [-0.39, 0.29) is 6.04 Å². The molecule has 1 atom stereocenters. The average Bonchev–Trinajstić information content (AvgIpc) is 2.78. The fraction of sp³-hybridized carbons (Fsp3) is 0.667. The van der Waals surface area contributed by atoms with Gasteiger partial charge in [-0.05, 0) is 43.6 Å². The minimum Gasteiger partial charge on any atom is -0.320 e. The number of allylic oxidation sites excluding steroid dienone is 1. The van der Waals surface area contributed by atoms with E-state index in [1.807, 2.05) is 0 Å². The monoisotopic (exact) mass is 237 g/mol. The SMILES string of the molecule is CCCc1nnsc1C(N)C1=CCCCC1. The van der Waals surface area contributed by atoms with Crippen molar-refractivity contribution in [3.63, 3.8) is 0 Å². The highest BCUT2D eigenvalue weighted by atomic mass is 32.1. The summed E-state index contributed by atoms with van der Waals surface area (Å²) >= 11 is 1.46. The van der Waals surface area contributed by atoms with E-state index in [2.05, 4.69) is 22.6 Å². The molecule has 88 valence electrons. The molecule has 0 spiro atoms. The van der Waals surface area contributed by atoms with Crippen molar-refractivity contribution in [1.82, 2.24) is 9.59 Å². The lowest BCUT2D eigenvalue weighted by atomic mass is 9.93. The van der Waals surface area contributed by atoms with Crippen LogP contribution in [-0.4, -0.2) is 9.59 Å². The van der Waals surface area contributed by atoms with Gasteiger partial charge in [-0.1, -0.05) is 29.5 Å². The maximum Gasteiger partial charge on any atom is 0.0807 e. The first-order chi connectivity index (χ1) is 7.83. The number of nitrogens with zero attached hydrogens (tertiary/aromatic N) is 2. The normalized spacial score (nSPS) is 18.2. The molecule has 0 saturated heterocycles. The molecule has 0 bridgehead atoms. The fourth-order valence-electron chi connectivity index (χ4n) is 2.18. The Hall–Kier alpha value is -0.740. The van der Waals surface area contributed by atoms with Crippen molar-refractivity contribution in [3.8, 4) is 0 Å². The first-order valence-electron chi connectivity index (χ1n) is 6.08. The summed E-state index contributed by atoms with van der Waals surface area (Å²) in [6, 6.07) is 0.0434. The van der Waals surface area contributed by atoms with E-state index in [9.17, 15) is 0 Å². The Balaban J connectivity index is 2.15. The van der Waals surface area contributed by atoms with E-state index in [1.165, 1.54) is 41.2 Å². The zero-order valence-electron chi connectivity index (χ0n) is 9.78. The Kier molecular flexibility index (Phi) is 4.07. The van der Waals surface area contributed by atoms with Gasteiger partial charge in [-0.25, -0.2) is 0 Å². The van der Waals surface area contributed by atoms with E-state index in [0.29, 0.717) is 0 Å². The summed E-state index contributed by atoms with van der Waals surface area (Å²) in [6.45, 7) is 2.16. The molecule has 1 heterocycles. The van der Waals surface area contributed by atoms with Crippen LogP contribution in [0.3, 0.4) is 0 Å². The maximum atomic E-state index is 6.31. The van der Waals surface area contributed by atoms with Crippen LogP contribution in [0.15, 0.2) is 11.6 Å². The zero-order valence-corrected chi connectivity index (χ0v) is 10.6. The molecule has 0 fully saturated rings. The van der Waals surface area contributed by atoms with Crippen molar-refractivity contribution < 1.29 is 0 Å². The minimum atomic E-state index is 0.0434. The second-order valence-corrected chi connectivity index (χ2v) is 5.12. The number of hydrogen-bond donors (Lipinski definition) is 1. The summed E-state index contributed by atoms with van der Waals surface area (Å²) in [6.07, 6.45) is 9.30. The van der Waals surface area contributed by atoms with Gasteiger partial charge in [0, 0.05) is 0 Å². The lowest BCUT2D eigenvalue weighted by Gasteiger charge is -2.18. The highest BCUT2D eigenvalue weighted by Gasteiger charge is 2.19. The Morgan fingerprint density at radius 3 is 3.06 bits per heavy atom. The van der Waals surface area contributed by atoms with Crippen LogP contribution < -0.4 is 5.73 Å². The van der Waals surface area contributed by atoms with Crippen molar-refractivity contribution in [2.24, 2.45) is 5.73 Å². The molecular weight excluding hydrogens is 218 g/mol. The average molecular weight is 237 g/mol. The second-order valence-electron chi connectivity index (χ2n) is 4.34. The summed E-state index contributed by atoms with van der Waals surface area (Å²) in [5, 5.41) is 4.18. The molecule has 16 heavy (non-hydrogen) atoms. The molecule has 0 amide bonds. The molecule has 4 heteroatoms. The van der Waals surface area contributed by atoms with Crippen LogP contribution in [0.1, 0.15) is 55.6 Å². The number of aromatic nitrogens is 2. The van der Waals surface area contributed by atoms with Crippen LogP contribution in [0.25, 0.3) is 0 Å². The molecule has 1 unspecified atom stereocenters. The molecular formula is C12H19N3S. The van der Waals surface area contributed by atoms with Gasteiger partial charge in [0.2, 0.25) is 0 Å².